The Bertz CT molecular complexity index is 711. The van der Waals surface area contributed by atoms with Crippen molar-refractivity contribution in [2.45, 2.75) is 37.5 Å². The van der Waals surface area contributed by atoms with E-state index in [1.807, 2.05) is 0 Å². The molecule has 1 aromatic carbocycles. The maximum atomic E-state index is 12.2. The third kappa shape index (κ3) is 2.94. The van der Waals surface area contributed by atoms with Crippen molar-refractivity contribution in [1.29, 1.82) is 0 Å². The van der Waals surface area contributed by atoms with E-state index in [9.17, 15) is 13.2 Å². The number of rotatable bonds is 5. The summed E-state index contributed by atoms with van der Waals surface area (Å²) in [4.78, 5) is 12.2. The Morgan fingerprint density at radius 3 is 2.41 bits per heavy atom. The number of hydrazine groups is 1. The molecule has 2 rings (SSSR count). The second-order valence-electron chi connectivity index (χ2n) is 5.63. The fraction of sp³-hybridized carbons (Fsp3) is 0.500. The summed E-state index contributed by atoms with van der Waals surface area (Å²) < 4.78 is 29.1. The summed E-state index contributed by atoms with van der Waals surface area (Å²) in [5, 5.41) is 5.33. The molecule has 8 heteroatoms. The number of carbonyl (C=O) groups is 1. The molecular weight excluding hydrogens is 306 g/mol. The lowest BCUT2D eigenvalue weighted by Crippen LogP contribution is -2.36. The van der Waals surface area contributed by atoms with Gasteiger partial charge in [-0.2, -0.15) is 0 Å². The topological polar surface area (TPSA) is 125 Å². The van der Waals surface area contributed by atoms with E-state index in [4.69, 9.17) is 15.7 Å². The molecule has 1 amide bonds. The van der Waals surface area contributed by atoms with Gasteiger partial charge in [0.05, 0.1) is 17.9 Å². The average Bonchev–Trinajstić information content (AvgIpc) is 3.23. The second-order valence-corrected chi connectivity index (χ2v) is 7.13. The van der Waals surface area contributed by atoms with Crippen LogP contribution in [-0.4, -0.2) is 21.4 Å². The van der Waals surface area contributed by atoms with Gasteiger partial charge in [0, 0.05) is 5.56 Å². The van der Waals surface area contributed by atoms with Crippen molar-refractivity contribution in [3.63, 3.8) is 0 Å². The first kappa shape index (κ1) is 16.7. The maximum Gasteiger partial charge on any atom is 0.241 e. The molecule has 1 aromatic rings. The summed E-state index contributed by atoms with van der Waals surface area (Å²) in [5.41, 5.74) is 3.64. The highest BCUT2D eigenvalue weighted by molar-refractivity contribution is 7.89. The number of carbonyl (C=O) groups excluding carboxylic acids is 1. The molecule has 0 aromatic heterocycles. The number of nitrogens with one attached hydrogen (secondary N) is 1. The number of methoxy groups -OCH3 is 1. The molecular formula is C14H21N3O4S. The van der Waals surface area contributed by atoms with Gasteiger partial charge in [-0.15, -0.1) is 0 Å². The number of aryl methyl sites for hydroxylation is 1. The first-order valence-electron chi connectivity index (χ1n) is 6.93. The highest BCUT2D eigenvalue weighted by Crippen LogP contribution is 2.47. The number of hydrogen-bond acceptors (Lipinski definition) is 5. The van der Waals surface area contributed by atoms with Gasteiger partial charge in [-0.25, -0.2) is 19.4 Å². The van der Waals surface area contributed by atoms with Gasteiger partial charge in [-0.05, 0) is 49.8 Å². The van der Waals surface area contributed by atoms with Crippen molar-refractivity contribution in [2.24, 2.45) is 16.9 Å². The Kier molecular flexibility index (Phi) is 4.46. The fourth-order valence-corrected chi connectivity index (χ4v) is 4.08. The molecule has 22 heavy (non-hydrogen) atoms. The Morgan fingerprint density at radius 1 is 1.41 bits per heavy atom. The quantitative estimate of drug-likeness (QED) is 0.411. The summed E-state index contributed by atoms with van der Waals surface area (Å²) in [7, 11) is -2.42. The van der Waals surface area contributed by atoms with Gasteiger partial charge in [0.25, 0.3) is 0 Å². The predicted molar refractivity (Wildman–Crippen MR) is 81.6 cm³/mol. The molecule has 1 unspecified atom stereocenters. The van der Waals surface area contributed by atoms with Crippen molar-refractivity contribution in [2.75, 3.05) is 7.11 Å². The SMILES string of the molecule is COc1cc(C)c(S(N)(=O)=O)c(C)c1C(C(=O)NN)C1CC1. The van der Waals surface area contributed by atoms with Crippen LogP contribution in [0.5, 0.6) is 5.75 Å². The molecule has 0 heterocycles. The van der Waals surface area contributed by atoms with Crippen LogP contribution in [0.2, 0.25) is 0 Å². The number of primary sulfonamides is 1. The van der Waals surface area contributed by atoms with Crippen LogP contribution in [0, 0.1) is 19.8 Å². The molecule has 0 radical (unpaired) electrons. The molecule has 0 bridgehead atoms. The van der Waals surface area contributed by atoms with Crippen LogP contribution in [0.1, 0.15) is 35.4 Å². The molecule has 0 saturated heterocycles. The summed E-state index contributed by atoms with van der Waals surface area (Å²) in [5.74, 6) is 5.00. The van der Waals surface area contributed by atoms with Crippen LogP contribution < -0.4 is 21.1 Å². The maximum absolute atomic E-state index is 12.2. The highest BCUT2D eigenvalue weighted by Gasteiger charge is 2.40. The number of sulfonamides is 1. The summed E-state index contributed by atoms with van der Waals surface area (Å²) in [6, 6.07) is 1.60. The molecule has 5 N–H and O–H groups in total. The summed E-state index contributed by atoms with van der Waals surface area (Å²) >= 11 is 0. The lowest BCUT2D eigenvalue weighted by Gasteiger charge is -2.23. The zero-order valence-corrected chi connectivity index (χ0v) is 13.7. The normalized spacial score (nSPS) is 16.2. The van der Waals surface area contributed by atoms with Crippen molar-refractivity contribution >= 4 is 15.9 Å². The molecule has 1 aliphatic carbocycles. The van der Waals surface area contributed by atoms with Gasteiger partial charge >= 0.3 is 0 Å². The molecule has 0 aliphatic heterocycles. The summed E-state index contributed by atoms with van der Waals surface area (Å²) in [6.07, 6.45) is 1.78. The number of nitrogens with two attached hydrogens (primary N) is 2. The molecule has 7 nitrogen and oxygen atoms in total. The monoisotopic (exact) mass is 327 g/mol. The van der Waals surface area contributed by atoms with Gasteiger partial charge < -0.3 is 4.74 Å². The van der Waals surface area contributed by atoms with Gasteiger partial charge in [-0.1, -0.05) is 0 Å². The van der Waals surface area contributed by atoms with E-state index in [0.717, 1.165) is 12.8 Å². The Labute approximate surface area is 130 Å². The predicted octanol–water partition coefficient (Wildman–Crippen LogP) is 0.443. The zero-order valence-electron chi connectivity index (χ0n) is 12.8. The van der Waals surface area contributed by atoms with Crippen LogP contribution in [0.15, 0.2) is 11.0 Å². The van der Waals surface area contributed by atoms with Crippen molar-refractivity contribution in [3.05, 3.63) is 22.8 Å². The Morgan fingerprint density at radius 2 is 2.00 bits per heavy atom. The third-order valence-electron chi connectivity index (χ3n) is 4.05. The van der Waals surface area contributed by atoms with Crippen LogP contribution >= 0.6 is 0 Å². The zero-order chi connectivity index (χ0) is 16.7. The lowest BCUT2D eigenvalue weighted by atomic mass is 9.88. The number of benzene rings is 1. The minimum absolute atomic E-state index is 0.0405. The standard InChI is InChI=1S/C14H21N3O4S/c1-7-6-10(21-3)11(8(2)13(7)22(16,19)20)12(9-4-5-9)14(18)17-15/h6,9,12H,4-5,15H2,1-3H3,(H,17,18)(H2,16,19,20). The average molecular weight is 327 g/mol. The van der Waals surface area contributed by atoms with Crippen molar-refractivity contribution in [3.8, 4) is 5.75 Å². The van der Waals surface area contributed by atoms with Crippen LogP contribution in [-0.2, 0) is 14.8 Å². The van der Waals surface area contributed by atoms with Crippen LogP contribution in [0.3, 0.4) is 0 Å². The van der Waals surface area contributed by atoms with E-state index in [-0.39, 0.29) is 16.7 Å². The van der Waals surface area contributed by atoms with Gasteiger partial charge in [0.2, 0.25) is 15.9 Å². The first-order chi connectivity index (χ1) is 10.2. The van der Waals surface area contributed by atoms with Gasteiger partial charge in [-0.3, -0.25) is 10.2 Å². The molecule has 0 spiro atoms. The van der Waals surface area contributed by atoms with Crippen molar-refractivity contribution in [1.82, 2.24) is 5.43 Å². The largest absolute Gasteiger partial charge is 0.496 e. The minimum Gasteiger partial charge on any atom is -0.496 e. The molecule has 122 valence electrons. The summed E-state index contributed by atoms with van der Waals surface area (Å²) in [6.45, 7) is 3.29. The fourth-order valence-electron chi connectivity index (χ4n) is 3.04. The Hall–Kier alpha value is -1.64. The van der Waals surface area contributed by atoms with E-state index in [0.29, 0.717) is 22.4 Å². The van der Waals surface area contributed by atoms with Crippen molar-refractivity contribution < 1.29 is 17.9 Å². The lowest BCUT2D eigenvalue weighted by molar-refractivity contribution is -0.123. The minimum atomic E-state index is -3.90. The second kappa shape index (κ2) is 5.86. The third-order valence-corrected chi connectivity index (χ3v) is 5.25. The molecule has 1 atom stereocenters. The van der Waals surface area contributed by atoms with Gasteiger partial charge in [0.15, 0.2) is 0 Å². The molecule has 1 saturated carbocycles. The van der Waals surface area contributed by atoms with E-state index < -0.39 is 15.9 Å². The number of hydrogen-bond donors (Lipinski definition) is 3. The van der Waals surface area contributed by atoms with E-state index in [1.165, 1.54) is 7.11 Å². The number of ether oxygens (including phenoxy) is 1. The van der Waals surface area contributed by atoms with E-state index >= 15 is 0 Å². The van der Waals surface area contributed by atoms with Gasteiger partial charge in [0.1, 0.15) is 5.75 Å². The smallest absolute Gasteiger partial charge is 0.241 e. The number of amides is 1. The van der Waals surface area contributed by atoms with E-state index in [2.05, 4.69) is 5.43 Å². The van der Waals surface area contributed by atoms with E-state index in [1.54, 1.807) is 19.9 Å². The van der Waals surface area contributed by atoms with Crippen LogP contribution in [0.4, 0.5) is 0 Å². The highest BCUT2D eigenvalue weighted by atomic mass is 32.2. The first-order valence-corrected chi connectivity index (χ1v) is 8.48. The molecule has 1 aliphatic rings. The van der Waals surface area contributed by atoms with Crippen LogP contribution in [0.25, 0.3) is 0 Å². The Balaban J connectivity index is 2.75. The molecule has 1 fully saturated rings.